The first-order chi connectivity index (χ1) is 13.3. The van der Waals surface area contributed by atoms with Crippen LogP contribution in [0.15, 0.2) is 77.5 Å². The van der Waals surface area contributed by atoms with Crippen LogP contribution in [0.3, 0.4) is 0 Å². The third kappa shape index (κ3) is 5.42. The van der Waals surface area contributed by atoms with Crippen LogP contribution in [-0.2, 0) is 11.3 Å². The fraction of sp³-hybridized carbons (Fsp3) is 0.227. The number of carbonyl (C=O) groups is 1. The highest BCUT2D eigenvalue weighted by molar-refractivity contribution is 7.07. The normalized spacial score (nSPS) is 10.7. The standard InChI is InChI=1S/C22H24N2O2S/c1-26-14-13-24(16-18-12-15-27-17-18)22(25)23-21(19-8-4-2-5-9-19)20-10-6-3-7-11-20/h2-12,15,17,21H,13-14,16H2,1H3,(H,23,25). The molecule has 3 rings (SSSR count). The number of benzene rings is 2. The summed E-state index contributed by atoms with van der Waals surface area (Å²) in [6.07, 6.45) is 0. The van der Waals surface area contributed by atoms with Crippen LogP contribution in [0.25, 0.3) is 0 Å². The SMILES string of the molecule is COCCN(Cc1ccsc1)C(=O)NC(c1ccccc1)c1ccccc1. The first kappa shape index (κ1) is 19.1. The van der Waals surface area contributed by atoms with Gasteiger partial charge in [-0.2, -0.15) is 11.3 Å². The van der Waals surface area contributed by atoms with E-state index in [1.165, 1.54) is 0 Å². The number of nitrogens with zero attached hydrogens (tertiary/aromatic N) is 1. The molecule has 3 aromatic rings. The van der Waals surface area contributed by atoms with E-state index in [4.69, 9.17) is 4.74 Å². The number of carbonyl (C=O) groups excluding carboxylic acids is 1. The Morgan fingerprint density at radius 2 is 1.67 bits per heavy atom. The molecule has 2 amide bonds. The van der Waals surface area contributed by atoms with Crippen molar-refractivity contribution in [1.29, 1.82) is 0 Å². The zero-order valence-corrected chi connectivity index (χ0v) is 16.2. The summed E-state index contributed by atoms with van der Waals surface area (Å²) in [5.41, 5.74) is 3.24. The summed E-state index contributed by atoms with van der Waals surface area (Å²) in [6.45, 7) is 1.60. The molecule has 4 nitrogen and oxygen atoms in total. The second-order valence-electron chi connectivity index (χ2n) is 6.25. The molecule has 0 aliphatic heterocycles. The number of amides is 2. The Hall–Kier alpha value is -2.63. The van der Waals surface area contributed by atoms with Crippen molar-refractivity contribution in [2.45, 2.75) is 12.6 Å². The van der Waals surface area contributed by atoms with Crippen molar-refractivity contribution in [3.8, 4) is 0 Å². The molecule has 1 N–H and O–H groups in total. The monoisotopic (exact) mass is 380 g/mol. The lowest BCUT2D eigenvalue weighted by molar-refractivity contribution is 0.145. The van der Waals surface area contributed by atoms with Crippen LogP contribution in [0, 0.1) is 0 Å². The number of rotatable bonds is 8. The minimum atomic E-state index is -0.201. The zero-order valence-electron chi connectivity index (χ0n) is 15.4. The molecule has 0 atom stereocenters. The average Bonchev–Trinajstić information content (AvgIpc) is 3.23. The van der Waals surface area contributed by atoms with E-state index in [2.05, 4.69) is 10.7 Å². The van der Waals surface area contributed by atoms with Gasteiger partial charge in [0.25, 0.3) is 0 Å². The van der Waals surface area contributed by atoms with Crippen molar-refractivity contribution in [1.82, 2.24) is 10.2 Å². The predicted octanol–water partition coefficient (Wildman–Crippen LogP) is 4.70. The van der Waals surface area contributed by atoms with Crippen LogP contribution >= 0.6 is 11.3 Å². The van der Waals surface area contributed by atoms with Crippen molar-refractivity contribution < 1.29 is 9.53 Å². The maximum absolute atomic E-state index is 13.1. The van der Waals surface area contributed by atoms with E-state index in [0.29, 0.717) is 19.7 Å². The first-order valence-electron chi connectivity index (χ1n) is 8.93. The van der Waals surface area contributed by atoms with Crippen LogP contribution in [-0.4, -0.2) is 31.2 Å². The van der Waals surface area contributed by atoms with Crippen LogP contribution in [0.1, 0.15) is 22.7 Å². The molecule has 2 aromatic carbocycles. The van der Waals surface area contributed by atoms with Gasteiger partial charge in [0.15, 0.2) is 0 Å². The number of hydrogen-bond acceptors (Lipinski definition) is 3. The average molecular weight is 381 g/mol. The smallest absolute Gasteiger partial charge is 0.318 e. The third-order valence-electron chi connectivity index (χ3n) is 4.34. The van der Waals surface area contributed by atoms with Crippen LogP contribution in [0.5, 0.6) is 0 Å². The van der Waals surface area contributed by atoms with Crippen LogP contribution < -0.4 is 5.32 Å². The van der Waals surface area contributed by atoms with Crippen molar-refractivity contribution >= 4 is 17.4 Å². The molecule has 27 heavy (non-hydrogen) atoms. The van der Waals surface area contributed by atoms with Crippen LogP contribution in [0.2, 0.25) is 0 Å². The largest absolute Gasteiger partial charge is 0.383 e. The number of thiophene rings is 1. The van der Waals surface area contributed by atoms with Crippen molar-refractivity contribution in [3.05, 3.63) is 94.2 Å². The molecule has 0 fully saturated rings. The van der Waals surface area contributed by atoms with E-state index in [9.17, 15) is 4.79 Å². The highest BCUT2D eigenvalue weighted by Gasteiger charge is 2.21. The molecule has 5 heteroatoms. The summed E-state index contributed by atoms with van der Waals surface area (Å²) in [7, 11) is 1.65. The molecular weight excluding hydrogens is 356 g/mol. The third-order valence-corrected chi connectivity index (χ3v) is 5.07. The van der Waals surface area contributed by atoms with Gasteiger partial charge in [-0.15, -0.1) is 0 Å². The van der Waals surface area contributed by atoms with E-state index in [0.717, 1.165) is 16.7 Å². The summed E-state index contributed by atoms with van der Waals surface area (Å²) >= 11 is 1.64. The number of urea groups is 1. The van der Waals surface area contributed by atoms with Gasteiger partial charge in [-0.05, 0) is 33.5 Å². The fourth-order valence-electron chi connectivity index (χ4n) is 2.92. The molecule has 0 spiro atoms. The lowest BCUT2D eigenvalue weighted by Gasteiger charge is -2.27. The number of ether oxygens (including phenoxy) is 1. The Morgan fingerprint density at radius 3 is 2.19 bits per heavy atom. The van der Waals surface area contributed by atoms with Crippen molar-refractivity contribution in [2.24, 2.45) is 0 Å². The zero-order chi connectivity index (χ0) is 18.9. The Balaban J connectivity index is 1.81. The molecule has 0 aliphatic carbocycles. The second-order valence-corrected chi connectivity index (χ2v) is 7.03. The van der Waals surface area contributed by atoms with Crippen molar-refractivity contribution in [2.75, 3.05) is 20.3 Å². The van der Waals surface area contributed by atoms with E-state index in [-0.39, 0.29) is 12.1 Å². The Bertz CT molecular complexity index is 767. The summed E-state index contributed by atoms with van der Waals surface area (Å²) in [5, 5.41) is 7.30. The Labute approximate surface area is 164 Å². The molecule has 0 aliphatic rings. The van der Waals surface area contributed by atoms with Gasteiger partial charge in [-0.3, -0.25) is 0 Å². The topological polar surface area (TPSA) is 41.6 Å². The molecule has 1 heterocycles. The Kier molecular flexibility index (Phi) is 7.02. The maximum Gasteiger partial charge on any atom is 0.318 e. The molecule has 140 valence electrons. The van der Waals surface area contributed by atoms with Gasteiger partial charge in [0, 0.05) is 20.2 Å². The lowest BCUT2D eigenvalue weighted by atomic mass is 9.99. The molecule has 0 saturated heterocycles. The first-order valence-corrected chi connectivity index (χ1v) is 9.87. The number of nitrogens with one attached hydrogen (secondary N) is 1. The molecule has 0 radical (unpaired) electrons. The quantitative estimate of drug-likeness (QED) is 0.616. The van der Waals surface area contributed by atoms with Gasteiger partial charge in [0.1, 0.15) is 0 Å². The Morgan fingerprint density at radius 1 is 1.04 bits per heavy atom. The molecule has 0 saturated carbocycles. The van der Waals surface area contributed by atoms with Gasteiger partial charge in [-0.25, -0.2) is 4.79 Å². The highest BCUT2D eigenvalue weighted by atomic mass is 32.1. The van der Waals surface area contributed by atoms with Gasteiger partial charge < -0.3 is 15.0 Å². The molecular formula is C22H24N2O2S. The van der Waals surface area contributed by atoms with Gasteiger partial charge in [0.2, 0.25) is 0 Å². The summed E-state index contributed by atoms with van der Waals surface area (Å²) < 4.78 is 5.20. The number of hydrogen-bond donors (Lipinski definition) is 1. The molecule has 0 unspecified atom stereocenters. The van der Waals surface area contributed by atoms with E-state index in [1.54, 1.807) is 23.3 Å². The van der Waals surface area contributed by atoms with Crippen LogP contribution in [0.4, 0.5) is 4.79 Å². The minimum absolute atomic E-state index is 0.101. The van der Waals surface area contributed by atoms with E-state index >= 15 is 0 Å². The lowest BCUT2D eigenvalue weighted by Crippen LogP contribution is -2.43. The summed E-state index contributed by atoms with van der Waals surface area (Å²) in [6, 6.07) is 21.8. The second kappa shape index (κ2) is 9.90. The van der Waals surface area contributed by atoms with Gasteiger partial charge in [0.05, 0.1) is 12.6 Å². The van der Waals surface area contributed by atoms with E-state index < -0.39 is 0 Å². The van der Waals surface area contributed by atoms with Crippen molar-refractivity contribution in [3.63, 3.8) is 0 Å². The maximum atomic E-state index is 13.1. The molecule has 0 bridgehead atoms. The van der Waals surface area contributed by atoms with Gasteiger partial charge in [-0.1, -0.05) is 60.7 Å². The molecule has 1 aromatic heterocycles. The van der Waals surface area contributed by atoms with E-state index in [1.807, 2.05) is 72.1 Å². The predicted molar refractivity (Wildman–Crippen MR) is 110 cm³/mol. The summed E-state index contributed by atoms with van der Waals surface area (Å²) in [5.74, 6) is 0. The summed E-state index contributed by atoms with van der Waals surface area (Å²) in [4.78, 5) is 14.9. The fourth-order valence-corrected chi connectivity index (χ4v) is 3.58. The van der Waals surface area contributed by atoms with Gasteiger partial charge >= 0.3 is 6.03 Å². The minimum Gasteiger partial charge on any atom is -0.383 e. The highest BCUT2D eigenvalue weighted by Crippen LogP contribution is 2.22. The number of methoxy groups -OCH3 is 1.